The first kappa shape index (κ1) is 15.7. The van der Waals surface area contributed by atoms with Crippen LogP contribution < -0.4 is 10.6 Å². The highest BCUT2D eigenvalue weighted by Crippen LogP contribution is 2.06. The lowest BCUT2D eigenvalue weighted by atomic mass is 10.1. The monoisotopic (exact) mass is 264 g/mol. The van der Waals surface area contributed by atoms with Crippen molar-refractivity contribution in [3.8, 4) is 0 Å². The maximum absolute atomic E-state index is 11.6. The predicted molar refractivity (Wildman–Crippen MR) is 77.3 cm³/mol. The molecule has 0 aliphatic heterocycles. The molecule has 106 valence electrons. The normalized spacial score (nSPS) is 10.4. The van der Waals surface area contributed by atoms with Crippen LogP contribution in [0.15, 0.2) is 24.3 Å². The third kappa shape index (κ3) is 7.59. The zero-order chi connectivity index (χ0) is 13.9. The van der Waals surface area contributed by atoms with Gasteiger partial charge in [0, 0.05) is 33.2 Å². The Morgan fingerprint density at radius 1 is 1.26 bits per heavy atom. The molecule has 19 heavy (non-hydrogen) atoms. The van der Waals surface area contributed by atoms with Crippen LogP contribution in [0, 0.1) is 6.92 Å². The Morgan fingerprint density at radius 3 is 2.84 bits per heavy atom. The van der Waals surface area contributed by atoms with Crippen molar-refractivity contribution in [3.05, 3.63) is 35.4 Å². The maximum Gasteiger partial charge on any atom is 0.220 e. The quantitative estimate of drug-likeness (QED) is 0.661. The van der Waals surface area contributed by atoms with Crippen LogP contribution >= 0.6 is 0 Å². The molecule has 2 N–H and O–H groups in total. The van der Waals surface area contributed by atoms with Gasteiger partial charge in [-0.15, -0.1) is 0 Å². The van der Waals surface area contributed by atoms with Gasteiger partial charge in [-0.2, -0.15) is 0 Å². The molecule has 0 atom stereocenters. The van der Waals surface area contributed by atoms with Gasteiger partial charge in [-0.3, -0.25) is 4.79 Å². The zero-order valence-electron chi connectivity index (χ0n) is 11.9. The van der Waals surface area contributed by atoms with E-state index >= 15 is 0 Å². The molecule has 0 saturated heterocycles. The minimum absolute atomic E-state index is 0.107. The third-order valence-electron chi connectivity index (χ3n) is 2.83. The SMILES string of the molecule is COCCNCCNC(=O)CCc1cccc(C)c1. The number of methoxy groups -OCH3 is 1. The first-order chi connectivity index (χ1) is 9.22. The Bertz CT molecular complexity index is 380. The average molecular weight is 264 g/mol. The molecule has 0 aliphatic carbocycles. The second-order valence-corrected chi connectivity index (χ2v) is 4.58. The van der Waals surface area contributed by atoms with E-state index in [-0.39, 0.29) is 5.91 Å². The van der Waals surface area contributed by atoms with Gasteiger partial charge in [0.25, 0.3) is 0 Å². The molecule has 0 bridgehead atoms. The summed E-state index contributed by atoms with van der Waals surface area (Å²) in [6, 6.07) is 8.28. The second kappa shape index (κ2) is 9.53. The number of carbonyl (C=O) groups is 1. The van der Waals surface area contributed by atoms with E-state index in [1.807, 2.05) is 6.07 Å². The standard InChI is InChI=1S/C15H24N2O2/c1-13-4-3-5-14(12-13)6-7-15(18)17-9-8-16-10-11-19-2/h3-5,12,16H,6-11H2,1-2H3,(H,17,18). The number of hydrogen-bond acceptors (Lipinski definition) is 3. The molecule has 4 heteroatoms. The molecule has 0 aliphatic rings. The molecule has 1 aromatic rings. The van der Waals surface area contributed by atoms with Crippen molar-refractivity contribution in [2.45, 2.75) is 19.8 Å². The Morgan fingerprint density at radius 2 is 2.11 bits per heavy atom. The number of hydrogen-bond donors (Lipinski definition) is 2. The van der Waals surface area contributed by atoms with Crippen molar-refractivity contribution in [1.82, 2.24) is 10.6 Å². The van der Waals surface area contributed by atoms with Gasteiger partial charge in [0.15, 0.2) is 0 Å². The first-order valence-electron chi connectivity index (χ1n) is 6.74. The largest absolute Gasteiger partial charge is 0.383 e. The summed E-state index contributed by atoms with van der Waals surface area (Å²) < 4.78 is 4.92. The summed E-state index contributed by atoms with van der Waals surface area (Å²) in [5, 5.41) is 6.09. The van der Waals surface area contributed by atoms with E-state index in [4.69, 9.17) is 4.74 Å². The predicted octanol–water partition coefficient (Wildman–Crippen LogP) is 1.28. The number of nitrogens with one attached hydrogen (secondary N) is 2. The lowest BCUT2D eigenvalue weighted by Crippen LogP contribution is -2.33. The molecule has 1 rings (SSSR count). The van der Waals surface area contributed by atoms with Gasteiger partial charge in [-0.05, 0) is 18.9 Å². The Kier molecular flexibility index (Phi) is 7.86. The summed E-state index contributed by atoms with van der Waals surface area (Å²) in [4.78, 5) is 11.6. The number of amides is 1. The van der Waals surface area contributed by atoms with Crippen LogP contribution in [0.25, 0.3) is 0 Å². The van der Waals surface area contributed by atoms with Crippen molar-refractivity contribution in [3.63, 3.8) is 0 Å². The Labute approximate surface area is 115 Å². The van der Waals surface area contributed by atoms with Crippen LogP contribution in [0.2, 0.25) is 0 Å². The molecular formula is C15H24N2O2. The molecule has 0 fully saturated rings. The van der Waals surface area contributed by atoms with Crippen molar-refractivity contribution in [2.75, 3.05) is 33.4 Å². The Hall–Kier alpha value is -1.39. The van der Waals surface area contributed by atoms with Gasteiger partial charge in [-0.25, -0.2) is 0 Å². The fraction of sp³-hybridized carbons (Fsp3) is 0.533. The molecule has 0 aromatic heterocycles. The van der Waals surface area contributed by atoms with Crippen molar-refractivity contribution in [2.24, 2.45) is 0 Å². The van der Waals surface area contributed by atoms with Gasteiger partial charge in [0.2, 0.25) is 5.91 Å². The summed E-state index contributed by atoms with van der Waals surface area (Å²) in [7, 11) is 1.68. The van der Waals surface area contributed by atoms with Gasteiger partial charge in [-0.1, -0.05) is 29.8 Å². The lowest BCUT2D eigenvalue weighted by molar-refractivity contribution is -0.121. The molecule has 0 heterocycles. The van der Waals surface area contributed by atoms with E-state index < -0.39 is 0 Å². The van der Waals surface area contributed by atoms with Crippen LogP contribution in [0.1, 0.15) is 17.5 Å². The van der Waals surface area contributed by atoms with Crippen LogP contribution in [-0.4, -0.2) is 39.3 Å². The minimum atomic E-state index is 0.107. The topological polar surface area (TPSA) is 50.4 Å². The summed E-state index contributed by atoms with van der Waals surface area (Å²) in [6.45, 7) is 5.02. The highest BCUT2D eigenvalue weighted by molar-refractivity contribution is 5.76. The minimum Gasteiger partial charge on any atom is -0.383 e. The van der Waals surface area contributed by atoms with E-state index in [1.165, 1.54) is 11.1 Å². The molecule has 0 radical (unpaired) electrons. The number of ether oxygens (including phenoxy) is 1. The molecule has 0 saturated carbocycles. The highest BCUT2D eigenvalue weighted by atomic mass is 16.5. The lowest BCUT2D eigenvalue weighted by Gasteiger charge is -2.07. The van der Waals surface area contributed by atoms with Gasteiger partial charge < -0.3 is 15.4 Å². The van der Waals surface area contributed by atoms with Crippen molar-refractivity contribution >= 4 is 5.91 Å². The molecule has 0 spiro atoms. The number of benzene rings is 1. The summed E-state index contributed by atoms with van der Waals surface area (Å²) in [5.74, 6) is 0.107. The van der Waals surface area contributed by atoms with Crippen LogP contribution in [0.3, 0.4) is 0 Å². The van der Waals surface area contributed by atoms with E-state index in [0.29, 0.717) is 19.6 Å². The molecule has 0 unspecified atom stereocenters. The first-order valence-corrected chi connectivity index (χ1v) is 6.74. The molecule has 4 nitrogen and oxygen atoms in total. The summed E-state index contributed by atoms with van der Waals surface area (Å²) in [6.07, 6.45) is 1.34. The van der Waals surface area contributed by atoms with Crippen LogP contribution in [0.5, 0.6) is 0 Å². The average Bonchev–Trinajstić information content (AvgIpc) is 2.40. The van der Waals surface area contributed by atoms with Crippen LogP contribution in [-0.2, 0) is 16.0 Å². The summed E-state index contributed by atoms with van der Waals surface area (Å²) >= 11 is 0. The summed E-state index contributed by atoms with van der Waals surface area (Å²) in [5.41, 5.74) is 2.45. The molecular weight excluding hydrogens is 240 g/mol. The van der Waals surface area contributed by atoms with Gasteiger partial charge in [0.05, 0.1) is 6.61 Å². The molecule has 1 aromatic carbocycles. The fourth-order valence-electron chi connectivity index (χ4n) is 1.80. The van der Waals surface area contributed by atoms with Crippen LogP contribution in [0.4, 0.5) is 0 Å². The number of rotatable bonds is 9. The fourth-order valence-corrected chi connectivity index (χ4v) is 1.80. The Balaban J connectivity index is 2.08. The smallest absolute Gasteiger partial charge is 0.220 e. The zero-order valence-corrected chi connectivity index (χ0v) is 11.9. The number of aryl methyl sites for hydroxylation is 2. The maximum atomic E-state index is 11.6. The molecule has 1 amide bonds. The van der Waals surface area contributed by atoms with E-state index in [0.717, 1.165) is 19.5 Å². The van der Waals surface area contributed by atoms with E-state index in [1.54, 1.807) is 7.11 Å². The third-order valence-corrected chi connectivity index (χ3v) is 2.83. The van der Waals surface area contributed by atoms with Gasteiger partial charge >= 0.3 is 0 Å². The highest BCUT2D eigenvalue weighted by Gasteiger charge is 2.01. The van der Waals surface area contributed by atoms with E-state index in [2.05, 4.69) is 35.8 Å². The number of carbonyl (C=O) groups excluding carboxylic acids is 1. The van der Waals surface area contributed by atoms with Crippen molar-refractivity contribution < 1.29 is 9.53 Å². The van der Waals surface area contributed by atoms with Gasteiger partial charge in [0.1, 0.15) is 0 Å². The second-order valence-electron chi connectivity index (χ2n) is 4.58. The van der Waals surface area contributed by atoms with Crippen molar-refractivity contribution in [1.29, 1.82) is 0 Å². The van der Waals surface area contributed by atoms with E-state index in [9.17, 15) is 4.79 Å².